The summed E-state index contributed by atoms with van der Waals surface area (Å²) in [4.78, 5) is 14.2. The standard InChI is InChI=1S/C15H18N2OS2/c1-10-8-12(5-6-13(10)16)20-9-15(18)17-11(2)14-4-3-7-19-14/h3-8,11H,9,16H2,1-2H3,(H,17,18). The van der Waals surface area contributed by atoms with Gasteiger partial charge in [-0.3, -0.25) is 4.79 Å². The molecule has 0 saturated heterocycles. The molecule has 1 heterocycles. The molecule has 0 aliphatic carbocycles. The summed E-state index contributed by atoms with van der Waals surface area (Å²) in [6.07, 6.45) is 0. The summed E-state index contributed by atoms with van der Waals surface area (Å²) in [5.41, 5.74) is 7.60. The number of thioether (sulfide) groups is 1. The number of hydrogen-bond donors (Lipinski definition) is 2. The fraction of sp³-hybridized carbons (Fsp3) is 0.267. The van der Waals surface area contributed by atoms with Crippen molar-refractivity contribution in [3.8, 4) is 0 Å². The fourth-order valence-electron chi connectivity index (χ4n) is 1.78. The smallest absolute Gasteiger partial charge is 0.230 e. The van der Waals surface area contributed by atoms with Crippen LogP contribution in [-0.2, 0) is 4.79 Å². The van der Waals surface area contributed by atoms with E-state index in [0.717, 1.165) is 16.1 Å². The summed E-state index contributed by atoms with van der Waals surface area (Å²) in [5.74, 6) is 0.462. The van der Waals surface area contributed by atoms with Gasteiger partial charge in [-0.15, -0.1) is 23.1 Å². The Morgan fingerprint density at radius 2 is 2.25 bits per heavy atom. The first-order chi connectivity index (χ1) is 9.56. The molecular formula is C15H18N2OS2. The Bertz CT molecular complexity index is 582. The molecule has 1 amide bonds. The molecule has 1 atom stereocenters. The number of aryl methyl sites for hydroxylation is 1. The summed E-state index contributed by atoms with van der Waals surface area (Å²) < 4.78 is 0. The van der Waals surface area contributed by atoms with E-state index in [1.807, 2.05) is 49.6 Å². The minimum absolute atomic E-state index is 0.0466. The molecule has 3 nitrogen and oxygen atoms in total. The molecule has 1 unspecified atom stereocenters. The first-order valence-electron chi connectivity index (χ1n) is 6.38. The van der Waals surface area contributed by atoms with Crippen molar-refractivity contribution in [1.82, 2.24) is 5.32 Å². The number of benzene rings is 1. The van der Waals surface area contributed by atoms with E-state index in [9.17, 15) is 4.79 Å². The molecule has 20 heavy (non-hydrogen) atoms. The maximum absolute atomic E-state index is 11.9. The van der Waals surface area contributed by atoms with Gasteiger partial charge in [0, 0.05) is 15.5 Å². The number of thiophene rings is 1. The Hall–Kier alpha value is -1.46. The summed E-state index contributed by atoms with van der Waals surface area (Å²) in [6, 6.07) is 9.93. The average molecular weight is 306 g/mol. The Kier molecular flexibility index (Phi) is 5.09. The minimum atomic E-state index is 0.0466. The van der Waals surface area contributed by atoms with Crippen LogP contribution in [0.5, 0.6) is 0 Å². The van der Waals surface area contributed by atoms with Crippen LogP contribution >= 0.6 is 23.1 Å². The van der Waals surface area contributed by atoms with E-state index in [1.165, 1.54) is 16.6 Å². The number of carbonyl (C=O) groups is 1. The zero-order chi connectivity index (χ0) is 14.5. The quantitative estimate of drug-likeness (QED) is 0.655. The van der Waals surface area contributed by atoms with Crippen LogP contribution in [0.15, 0.2) is 40.6 Å². The monoisotopic (exact) mass is 306 g/mol. The molecule has 1 aromatic carbocycles. The molecule has 0 aliphatic heterocycles. The van der Waals surface area contributed by atoms with Gasteiger partial charge in [0.05, 0.1) is 11.8 Å². The third-order valence-electron chi connectivity index (χ3n) is 2.96. The summed E-state index contributed by atoms with van der Waals surface area (Å²) in [5, 5.41) is 5.02. The second-order valence-electron chi connectivity index (χ2n) is 4.61. The molecule has 5 heteroatoms. The maximum atomic E-state index is 11.9. The van der Waals surface area contributed by atoms with Gasteiger partial charge < -0.3 is 11.1 Å². The van der Waals surface area contributed by atoms with Gasteiger partial charge in [-0.25, -0.2) is 0 Å². The van der Waals surface area contributed by atoms with Gasteiger partial charge >= 0.3 is 0 Å². The van der Waals surface area contributed by atoms with Crippen molar-refractivity contribution in [2.45, 2.75) is 24.8 Å². The molecule has 1 aromatic heterocycles. The normalized spacial score (nSPS) is 12.1. The lowest BCUT2D eigenvalue weighted by Gasteiger charge is -2.12. The van der Waals surface area contributed by atoms with Gasteiger partial charge in [0.2, 0.25) is 5.91 Å². The number of amides is 1. The number of nitrogens with one attached hydrogen (secondary N) is 1. The van der Waals surface area contributed by atoms with E-state index in [1.54, 1.807) is 11.3 Å². The summed E-state index contributed by atoms with van der Waals surface area (Å²) in [6.45, 7) is 3.97. The Balaban J connectivity index is 1.84. The van der Waals surface area contributed by atoms with Gasteiger partial charge in [0.25, 0.3) is 0 Å². The topological polar surface area (TPSA) is 55.1 Å². The van der Waals surface area contributed by atoms with E-state index >= 15 is 0 Å². The third kappa shape index (κ3) is 4.02. The number of hydrogen-bond acceptors (Lipinski definition) is 4. The highest BCUT2D eigenvalue weighted by Crippen LogP contribution is 2.23. The van der Waals surface area contributed by atoms with Gasteiger partial charge in [0.15, 0.2) is 0 Å². The van der Waals surface area contributed by atoms with Crippen LogP contribution in [0.1, 0.15) is 23.4 Å². The van der Waals surface area contributed by atoms with Crippen molar-refractivity contribution < 1.29 is 4.79 Å². The molecule has 106 valence electrons. The lowest BCUT2D eigenvalue weighted by molar-refractivity contribution is -0.119. The first kappa shape index (κ1) is 14.9. The van der Waals surface area contributed by atoms with E-state index in [4.69, 9.17) is 5.73 Å². The predicted octanol–water partition coefficient (Wildman–Crippen LogP) is 3.61. The van der Waals surface area contributed by atoms with E-state index in [0.29, 0.717) is 5.75 Å². The van der Waals surface area contributed by atoms with E-state index < -0.39 is 0 Å². The van der Waals surface area contributed by atoms with Crippen LogP contribution in [0.25, 0.3) is 0 Å². The number of anilines is 1. The highest BCUT2D eigenvalue weighted by molar-refractivity contribution is 8.00. The van der Waals surface area contributed by atoms with Crippen molar-refractivity contribution in [3.63, 3.8) is 0 Å². The molecule has 0 radical (unpaired) electrons. The Morgan fingerprint density at radius 3 is 2.90 bits per heavy atom. The molecule has 2 rings (SSSR count). The lowest BCUT2D eigenvalue weighted by atomic mass is 10.2. The predicted molar refractivity (Wildman–Crippen MR) is 87.2 cm³/mol. The zero-order valence-corrected chi connectivity index (χ0v) is 13.2. The van der Waals surface area contributed by atoms with Crippen LogP contribution in [0.4, 0.5) is 5.69 Å². The van der Waals surface area contributed by atoms with Gasteiger partial charge in [-0.1, -0.05) is 6.07 Å². The van der Waals surface area contributed by atoms with Crippen LogP contribution in [0.3, 0.4) is 0 Å². The number of rotatable bonds is 5. The largest absolute Gasteiger partial charge is 0.399 e. The van der Waals surface area contributed by atoms with Crippen molar-refractivity contribution in [1.29, 1.82) is 0 Å². The highest BCUT2D eigenvalue weighted by atomic mass is 32.2. The molecule has 0 saturated carbocycles. The average Bonchev–Trinajstić information content (AvgIpc) is 2.94. The number of nitrogen functional groups attached to an aromatic ring is 1. The maximum Gasteiger partial charge on any atom is 0.230 e. The Morgan fingerprint density at radius 1 is 1.45 bits per heavy atom. The highest BCUT2D eigenvalue weighted by Gasteiger charge is 2.10. The van der Waals surface area contributed by atoms with Crippen molar-refractivity contribution in [2.75, 3.05) is 11.5 Å². The van der Waals surface area contributed by atoms with Crippen LogP contribution in [0.2, 0.25) is 0 Å². The van der Waals surface area contributed by atoms with Gasteiger partial charge in [-0.05, 0) is 49.1 Å². The van der Waals surface area contributed by atoms with Crippen molar-refractivity contribution >= 4 is 34.7 Å². The zero-order valence-electron chi connectivity index (χ0n) is 11.6. The molecule has 0 spiro atoms. The molecular weight excluding hydrogens is 288 g/mol. The van der Waals surface area contributed by atoms with Gasteiger partial charge in [0.1, 0.15) is 0 Å². The molecule has 3 N–H and O–H groups in total. The molecule has 0 fully saturated rings. The van der Waals surface area contributed by atoms with E-state index in [-0.39, 0.29) is 11.9 Å². The minimum Gasteiger partial charge on any atom is -0.399 e. The van der Waals surface area contributed by atoms with Gasteiger partial charge in [-0.2, -0.15) is 0 Å². The first-order valence-corrected chi connectivity index (χ1v) is 8.24. The molecule has 0 aliphatic rings. The van der Waals surface area contributed by atoms with Crippen LogP contribution < -0.4 is 11.1 Å². The molecule has 0 bridgehead atoms. The number of nitrogens with two attached hydrogens (primary N) is 1. The number of carbonyl (C=O) groups excluding carboxylic acids is 1. The van der Waals surface area contributed by atoms with Crippen molar-refractivity contribution in [2.24, 2.45) is 0 Å². The third-order valence-corrected chi connectivity index (χ3v) is 5.01. The fourth-order valence-corrected chi connectivity index (χ4v) is 3.32. The second-order valence-corrected chi connectivity index (χ2v) is 6.64. The second kappa shape index (κ2) is 6.81. The van der Waals surface area contributed by atoms with Crippen LogP contribution in [0, 0.1) is 6.92 Å². The lowest BCUT2D eigenvalue weighted by Crippen LogP contribution is -2.27. The summed E-state index contributed by atoms with van der Waals surface area (Å²) >= 11 is 3.18. The van der Waals surface area contributed by atoms with Crippen molar-refractivity contribution in [3.05, 3.63) is 46.2 Å². The SMILES string of the molecule is Cc1cc(SCC(=O)NC(C)c2cccs2)ccc1N. The summed E-state index contributed by atoms with van der Waals surface area (Å²) in [7, 11) is 0. The van der Waals surface area contributed by atoms with Crippen LogP contribution in [-0.4, -0.2) is 11.7 Å². The Labute approximate surface area is 127 Å². The molecule has 2 aromatic rings. The van der Waals surface area contributed by atoms with E-state index in [2.05, 4.69) is 5.32 Å².